The third kappa shape index (κ3) is 4.91. The first-order valence-corrected chi connectivity index (χ1v) is 11.9. The lowest BCUT2D eigenvalue weighted by Crippen LogP contribution is -2.34. The van der Waals surface area contributed by atoms with Crippen molar-refractivity contribution in [1.29, 1.82) is 0 Å². The number of hydrogen-bond acceptors (Lipinski definition) is 3. The van der Waals surface area contributed by atoms with Gasteiger partial charge in [-0.15, -0.1) is 0 Å². The Morgan fingerprint density at radius 2 is 1.76 bits per heavy atom. The van der Waals surface area contributed by atoms with E-state index in [1.54, 1.807) is 6.07 Å². The van der Waals surface area contributed by atoms with Crippen molar-refractivity contribution in [2.24, 2.45) is 0 Å². The molecule has 1 N–H and O–H groups in total. The second-order valence-electron chi connectivity index (χ2n) is 9.49. The van der Waals surface area contributed by atoms with E-state index in [1.807, 2.05) is 17.8 Å². The maximum Gasteiger partial charge on any atom is 0.287 e. The molecule has 4 heteroatoms. The molecule has 1 aliphatic carbocycles. The Morgan fingerprint density at radius 1 is 1.10 bits per heavy atom. The highest BCUT2D eigenvalue weighted by Gasteiger charge is 2.37. The molecule has 158 valence electrons. The summed E-state index contributed by atoms with van der Waals surface area (Å²) in [5.41, 5.74) is 5.95. The molecule has 0 radical (unpaired) electrons. The molecule has 0 unspecified atom stereocenters. The van der Waals surface area contributed by atoms with E-state index in [-0.39, 0.29) is 16.7 Å². The summed E-state index contributed by atoms with van der Waals surface area (Å²) in [5.74, 6) is 3.11. The maximum absolute atomic E-state index is 12.3. The number of rotatable bonds is 7. The summed E-state index contributed by atoms with van der Waals surface area (Å²) in [7, 11) is 0. The second kappa shape index (κ2) is 8.59. The van der Waals surface area contributed by atoms with E-state index in [0.717, 1.165) is 17.3 Å². The summed E-state index contributed by atoms with van der Waals surface area (Å²) in [5, 5.41) is 2.93. The minimum Gasteiger partial charge on any atom is -0.456 e. The summed E-state index contributed by atoms with van der Waals surface area (Å²) < 4.78 is 5.88. The van der Waals surface area contributed by atoms with Gasteiger partial charge in [0.2, 0.25) is 0 Å². The molecule has 2 aromatic rings. The molecule has 0 fully saturated rings. The highest BCUT2D eigenvalue weighted by molar-refractivity contribution is 7.99. The zero-order chi connectivity index (χ0) is 21.2. The Kier molecular flexibility index (Phi) is 6.52. The number of benzene rings is 1. The average Bonchev–Trinajstić information content (AvgIpc) is 3.12. The number of fused-ring (bicyclic) bond motifs is 1. The molecule has 1 aliphatic rings. The molecular weight excluding hydrogens is 378 g/mol. The SMILES string of the molecule is CCSCCNC(=O)c1ccc(Cc2cc3c(cc2C)C(C)(C)CCC3(C)C)o1. The topological polar surface area (TPSA) is 42.2 Å². The molecule has 3 rings (SSSR count). The monoisotopic (exact) mass is 413 g/mol. The molecule has 1 aromatic heterocycles. The van der Waals surface area contributed by atoms with Crippen LogP contribution in [0.15, 0.2) is 28.7 Å². The number of furan rings is 1. The summed E-state index contributed by atoms with van der Waals surface area (Å²) in [6, 6.07) is 8.49. The molecule has 0 atom stereocenters. The lowest BCUT2D eigenvalue weighted by molar-refractivity contribution is 0.0927. The van der Waals surface area contributed by atoms with Crippen molar-refractivity contribution >= 4 is 17.7 Å². The van der Waals surface area contributed by atoms with Crippen molar-refractivity contribution in [3.05, 3.63) is 58.0 Å². The van der Waals surface area contributed by atoms with Crippen LogP contribution in [0.3, 0.4) is 0 Å². The largest absolute Gasteiger partial charge is 0.456 e. The van der Waals surface area contributed by atoms with E-state index in [0.29, 0.717) is 18.7 Å². The number of amides is 1. The van der Waals surface area contributed by atoms with Crippen LogP contribution in [0.25, 0.3) is 0 Å². The van der Waals surface area contributed by atoms with Gasteiger partial charge in [0.1, 0.15) is 5.76 Å². The van der Waals surface area contributed by atoms with Gasteiger partial charge in [-0.25, -0.2) is 0 Å². The van der Waals surface area contributed by atoms with Gasteiger partial charge in [-0.1, -0.05) is 46.8 Å². The van der Waals surface area contributed by atoms with Crippen LogP contribution in [0.2, 0.25) is 0 Å². The van der Waals surface area contributed by atoms with Crippen molar-refractivity contribution in [2.75, 3.05) is 18.1 Å². The Balaban J connectivity index is 1.78. The molecule has 1 heterocycles. The first-order chi connectivity index (χ1) is 13.6. The fraction of sp³-hybridized carbons (Fsp3) is 0.560. The average molecular weight is 414 g/mol. The molecule has 0 bridgehead atoms. The second-order valence-corrected chi connectivity index (χ2v) is 10.9. The molecule has 0 saturated heterocycles. The van der Waals surface area contributed by atoms with E-state index in [1.165, 1.54) is 35.1 Å². The predicted octanol–water partition coefficient (Wildman–Crippen LogP) is 6.01. The van der Waals surface area contributed by atoms with Crippen molar-refractivity contribution in [2.45, 2.75) is 71.6 Å². The van der Waals surface area contributed by atoms with Crippen molar-refractivity contribution in [3.8, 4) is 0 Å². The van der Waals surface area contributed by atoms with Crippen LogP contribution in [-0.2, 0) is 17.3 Å². The Hall–Kier alpha value is -1.68. The van der Waals surface area contributed by atoms with Crippen molar-refractivity contribution in [1.82, 2.24) is 5.32 Å². The molecule has 0 spiro atoms. The first-order valence-electron chi connectivity index (χ1n) is 10.7. The quantitative estimate of drug-likeness (QED) is 0.565. The zero-order valence-corrected chi connectivity index (χ0v) is 19.6. The smallest absolute Gasteiger partial charge is 0.287 e. The van der Waals surface area contributed by atoms with Gasteiger partial charge in [0, 0.05) is 18.7 Å². The van der Waals surface area contributed by atoms with E-state index in [2.05, 4.69) is 59.0 Å². The van der Waals surface area contributed by atoms with Crippen molar-refractivity contribution in [3.63, 3.8) is 0 Å². The molecule has 3 nitrogen and oxygen atoms in total. The van der Waals surface area contributed by atoms with Gasteiger partial charge in [-0.3, -0.25) is 4.79 Å². The van der Waals surface area contributed by atoms with E-state index in [4.69, 9.17) is 4.42 Å². The lowest BCUT2D eigenvalue weighted by atomic mass is 9.62. The molecule has 1 amide bonds. The van der Waals surface area contributed by atoms with Gasteiger partial charge < -0.3 is 9.73 Å². The van der Waals surface area contributed by atoms with Gasteiger partial charge in [-0.2, -0.15) is 11.8 Å². The Labute approximate surface area is 180 Å². The number of aryl methyl sites for hydroxylation is 1. The number of hydrogen-bond donors (Lipinski definition) is 1. The Morgan fingerprint density at radius 3 is 2.41 bits per heavy atom. The standard InChI is InChI=1S/C25H35NO2S/c1-7-29-13-12-26-23(27)22-9-8-19(28-22)15-18-16-21-20(14-17(18)2)24(3,4)10-11-25(21,5)6/h8-9,14,16H,7,10-13,15H2,1-6H3,(H,26,27). The van der Waals surface area contributed by atoms with Crippen molar-refractivity contribution < 1.29 is 9.21 Å². The summed E-state index contributed by atoms with van der Waals surface area (Å²) >= 11 is 1.82. The number of thioether (sulfide) groups is 1. The van der Waals surface area contributed by atoms with E-state index in [9.17, 15) is 4.79 Å². The van der Waals surface area contributed by atoms with Gasteiger partial charge in [0.25, 0.3) is 5.91 Å². The van der Waals surface area contributed by atoms with Crippen LogP contribution in [0, 0.1) is 6.92 Å². The maximum atomic E-state index is 12.3. The van der Waals surface area contributed by atoms with E-state index >= 15 is 0 Å². The van der Waals surface area contributed by atoms with Crippen LogP contribution >= 0.6 is 11.8 Å². The molecule has 0 saturated carbocycles. The van der Waals surface area contributed by atoms with Crippen LogP contribution in [0.5, 0.6) is 0 Å². The first kappa shape index (κ1) is 22.0. The van der Waals surface area contributed by atoms with Crippen LogP contribution in [0.1, 0.15) is 86.0 Å². The minimum absolute atomic E-state index is 0.127. The zero-order valence-electron chi connectivity index (χ0n) is 18.8. The van der Waals surface area contributed by atoms with Gasteiger partial charge in [-0.05, 0) is 70.7 Å². The summed E-state index contributed by atoms with van der Waals surface area (Å²) in [6.45, 7) is 14.4. The summed E-state index contributed by atoms with van der Waals surface area (Å²) in [4.78, 5) is 12.3. The highest BCUT2D eigenvalue weighted by atomic mass is 32.2. The molecule has 29 heavy (non-hydrogen) atoms. The van der Waals surface area contributed by atoms with Gasteiger partial charge in [0.15, 0.2) is 5.76 Å². The molecule has 0 aliphatic heterocycles. The normalized spacial score (nSPS) is 17.0. The van der Waals surface area contributed by atoms with Crippen LogP contribution in [0.4, 0.5) is 0 Å². The number of carbonyl (C=O) groups excluding carboxylic acids is 1. The Bertz CT molecular complexity index is 879. The van der Waals surface area contributed by atoms with Gasteiger partial charge >= 0.3 is 0 Å². The molecular formula is C25H35NO2S. The predicted molar refractivity (Wildman–Crippen MR) is 123 cm³/mol. The number of carbonyl (C=O) groups is 1. The van der Waals surface area contributed by atoms with Gasteiger partial charge in [0.05, 0.1) is 0 Å². The fourth-order valence-electron chi connectivity index (χ4n) is 4.21. The van der Waals surface area contributed by atoms with E-state index < -0.39 is 0 Å². The fourth-order valence-corrected chi connectivity index (χ4v) is 4.74. The molecule has 1 aromatic carbocycles. The van der Waals surface area contributed by atoms with Crippen LogP contribution < -0.4 is 5.32 Å². The van der Waals surface area contributed by atoms with Crippen LogP contribution in [-0.4, -0.2) is 24.0 Å². The third-order valence-corrected chi connectivity index (χ3v) is 7.20. The summed E-state index contributed by atoms with van der Waals surface area (Å²) in [6.07, 6.45) is 3.14. The third-order valence-electron chi connectivity index (χ3n) is 6.30. The minimum atomic E-state index is -0.127. The lowest BCUT2D eigenvalue weighted by Gasteiger charge is -2.42. The number of nitrogens with one attached hydrogen (secondary N) is 1. The highest BCUT2D eigenvalue weighted by Crippen LogP contribution is 2.46.